The molecule has 0 fully saturated rings. The van der Waals surface area contributed by atoms with Crippen LogP contribution in [0.5, 0.6) is 5.75 Å². The molecular formula is C21H25NO4S. The minimum Gasteiger partial charge on any atom is -0.493 e. The number of hydrogen-bond donors (Lipinski definition) is 1. The molecule has 1 aliphatic rings. The van der Waals surface area contributed by atoms with Crippen molar-refractivity contribution in [3.8, 4) is 5.75 Å². The van der Waals surface area contributed by atoms with E-state index in [1.165, 1.54) is 17.4 Å². The standard InChI is InChI=1S/C21H25NO4S/c1-15(13-17-5-9-20-18(14-17)11-12-26-20)22-21(23)10-6-16-3-7-19(8-4-16)27(2,24)25/h3-5,7-9,14-15H,6,10-13H2,1-2H3,(H,22,23)/t15-/m1/s1. The molecule has 1 aliphatic heterocycles. The van der Waals surface area contributed by atoms with E-state index in [1.54, 1.807) is 24.3 Å². The minimum atomic E-state index is -3.19. The average Bonchev–Trinajstić information content (AvgIpc) is 3.07. The highest BCUT2D eigenvalue weighted by molar-refractivity contribution is 7.90. The molecule has 3 rings (SSSR count). The summed E-state index contributed by atoms with van der Waals surface area (Å²) in [7, 11) is -3.19. The van der Waals surface area contributed by atoms with Crippen molar-refractivity contribution in [1.29, 1.82) is 0 Å². The SMILES string of the molecule is C[C@H](Cc1ccc2c(c1)CCO2)NC(=O)CCc1ccc(S(C)(=O)=O)cc1. The fourth-order valence-corrected chi connectivity index (χ4v) is 3.91. The Labute approximate surface area is 160 Å². The van der Waals surface area contributed by atoms with Crippen LogP contribution < -0.4 is 10.1 Å². The number of sulfone groups is 1. The molecule has 0 saturated carbocycles. The van der Waals surface area contributed by atoms with E-state index in [2.05, 4.69) is 17.4 Å². The molecule has 1 atom stereocenters. The van der Waals surface area contributed by atoms with Gasteiger partial charge < -0.3 is 10.1 Å². The number of carbonyl (C=O) groups is 1. The lowest BCUT2D eigenvalue weighted by Gasteiger charge is -2.14. The van der Waals surface area contributed by atoms with E-state index < -0.39 is 9.84 Å². The Bertz CT molecular complexity index is 920. The summed E-state index contributed by atoms with van der Waals surface area (Å²) >= 11 is 0. The number of carbonyl (C=O) groups excluding carboxylic acids is 1. The topological polar surface area (TPSA) is 72.5 Å². The number of rotatable bonds is 7. The van der Waals surface area contributed by atoms with Gasteiger partial charge in [0.05, 0.1) is 11.5 Å². The van der Waals surface area contributed by atoms with Crippen molar-refractivity contribution in [2.24, 2.45) is 0 Å². The molecule has 1 N–H and O–H groups in total. The highest BCUT2D eigenvalue weighted by atomic mass is 32.2. The van der Waals surface area contributed by atoms with E-state index in [-0.39, 0.29) is 11.9 Å². The van der Waals surface area contributed by atoms with Crippen LogP contribution in [-0.4, -0.2) is 33.2 Å². The van der Waals surface area contributed by atoms with Crippen molar-refractivity contribution in [2.45, 2.75) is 43.5 Å². The van der Waals surface area contributed by atoms with Gasteiger partial charge in [-0.3, -0.25) is 4.79 Å². The van der Waals surface area contributed by atoms with Crippen LogP contribution in [0.15, 0.2) is 47.4 Å². The minimum absolute atomic E-state index is 0.000757. The number of amides is 1. The van der Waals surface area contributed by atoms with Crippen LogP contribution in [-0.2, 0) is 33.9 Å². The first-order valence-electron chi connectivity index (χ1n) is 9.14. The van der Waals surface area contributed by atoms with E-state index in [4.69, 9.17) is 4.74 Å². The molecule has 1 heterocycles. The largest absolute Gasteiger partial charge is 0.493 e. The number of nitrogens with one attached hydrogen (secondary N) is 1. The predicted molar refractivity (Wildman–Crippen MR) is 105 cm³/mol. The third-order valence-electron chi connectivity index (χ3n) is 4.70. The molecule has 1 amide bonds. The van der Waals surface area contributed by atoms with Gasteiger partial charge in [-0.15, -0.1) is 0 Å². The van der Waals surface area contributed by atoms with E-state index >= 15 is 0 Å². The summed E-state index contributed by atoms with van der Waals surface area (Å²) in [6.45, 7) is 2.75. The lowest BCUT2D eigenvalue weighted by atomic mass is 10.0. The van der Waals surface area contributed by atoms with E-state index in [1.807, 2.05) is 13.0 Å². The van der Waals surface area contributed by atoms with Crippen molar-refractivity contribution >= 4 is 15.7 Å². The van der Waals surface area contributed by atoms with Crippen molar-refractivity contribution in [3.05, 3.63) is 59.2 Å². The first kappa shape index (κ1) is 19.4. The molecular weight excluding hydrogens is 362 g/mol. The van der Waals surface area contributed by atoms with E-state index in [9.17, 15) is 13.2 Å². The number of hydrogen-bond acceptors (Lipinski definition) is 4. The number of ether oxygens (including phenoxy) is 1. The summed E-state index contributed by atoms with van der Waals surface area (Å²) < 4.78 is 28.5. The predicted octanol–water partition coefficient (Wildman–Crippen LogP) is 2.71. The van der Waals surface area contributed by atoms with Gasteiger partial charge in [0.1, 0.15) is 5.75 Å². The molecule has 0 radical (unpaired) electrons. The Kier molecular flexibility index (Phi) is 5.85. The number of fused-ring (bicyclic) bond motifs is 1. The number of benzene rings is 2. The van der Waals surface area contributed by atoms with Crippen LogP contribution in [0.1, 0.15) is 30.0 Å². The molecule has 0 aromatic heterocycles. The van der Waals surface area contributed by atoms with Gasteiger partial charge in [0.25, 0.3) is 0 Å². The van der Waals surface area contributed by atoms with E-state index in [0.717, 1.165) is 30.8 Å². The second kappa shape index (κ2) is 8.13. The van der Waals surface area contributed by atoms with Gasteiger partial charge in [0, 0.05) is 25.1 Å². The Morgan fingerprint density at radius 2 is 1.85 bits per heavy atom. The molecule has 0 unspecified atom stereocenters. The zero-order valence-corrected chi connectivity index (χ0v) is 16.5. The Balaban J connectivity index is 1.47. The van der Waals surface area contributed by atoms with Gasteiger partial charge in [0.15, 0.2) is 9.84 Å². The van der Waals surface area contributed by atoms with Gasteiger partial charge in [-0.2, -0.15) is 0 Å². The first-order chi connectivity index (χ1) is 12.8. The maximum atomic E-state index is 12.2. The lowest BCUT2D eigenvalue weighted by molar-refractivity contribution is -0.121. The van der Waals surface area contributed by atoms with Crippen molar-refractivity contribution in [3.63, 3.8) is 0 Å². The second-order valence-corrected chi connectivity index (χ2v) is 9.15. The van der Waals surface area contributed by atoms with Gasteiger partial charge in [-0.1, -0.05) is 24.3 Å². The van der Waals surface area contributed by atoms with Crippen LogP contribution in [0.4, 0.5) is 0 Å². The first-order valence-corrected chi connectivity index (χ1v) is 11.0. The smallest absolute Gasteiger partial charge is 0.220 e. The van der Waals surface area contributed by atoms with Gasteiger partial charge >= 0.3 is 0 Å². The molecule has 0 spiro atoms. The summed E-state index contributed by atoms with van der Waals surface area (Å²) in [5.74, 6) is 0.969. The van der Waals surface area contributed by atoms with Crippen LogP contribution in [0.3, 0.4) is 0 Å². The summed E-state index contributed by atoms with van der Waals surface area (Å²) in [6, 6.07) is 13.0. The fourth-order valence-electron chi connectivity index (χ4n) is 3.28. The number of aryl methyl sites for hydroxylation is 1. The molecule has 2 aromatic carbocycles. The van der Waals surface area contributed by atoms with Crippen LogP contribution in [0, 0.1) is 0 Å². The normalized spacial score (nSPS) is 14.3. The quantitative estimate of drug-likeness (QED) is 0.793. The Morgan fingerprint density at radius 3 is 2.56 bits per heavy atom. The van der Waals surface area contributed by atoms with Crippen molar-refractivity contribution in [2.75, 3.05) is 12.9 Å². The van der Waals surface area contributed by atoms with Crippen molar-refractivity contribution < 1.29 is 17.9 Å². The summed E-state index contributed by atoms with van der Waals surface area (Å²) in [4.78, 5) is 12.5. The lowest BCUT2D eigenvalue weighted by Crippen LogP contribution is -2.34. The zero-order valence-electron chi connectivity index (χ0n) is 15.7. The van der Waals surface area contributed by atoms with E-state index in [0.29, 0.717) is 17.7 Å². The summed E-state index contributed by atoms with van der Waals surface area (Å²) in [5.41, 5.74) is 3.39. The monoisotopic (exact) mass is 387 g/mol. The maximum Gasteiger partial charge on any atom is 0.220 e. The van der Waals surface area contributed by atoms with Gasteiger partial charge in [-0.25, -0.2) is 8.42 Å². The van der Waals surface area contributed by atoms with Crippen molar-refractivity contribution in [1.82, 2.24) is 5.32 Å². The fraction of sp³-hybridized carbons (Fsp3) is 0.381. The summed E-state index contributed by atoms with van der Waals surface area (Å²) in [5, 5.41) is 3.04. The van der Waals surface area contributed by atoms with Gasteiger partial charge in [-0.05, 0) is 54.7 Å². The highest BCUT2D eigenvalue weighted by Crippen LogP contribution is 2.26. The Morgan fingerprint density at radius 1 is 1.15 bits per heavy atom. The molecule has 2 aromatic rings. The molecule has 5 nitrogen and oxygen atoms in total. The molecule has 6 heteroatoms. The molecule has 0 saturated heterocycles. The van der Waals surface area contributed by atoms with Crippen LogP contribution >= 0.6 is 0 Å². The highest BCUT2D eigenvalue weighted by Gasteiger charge is 2.14. The van der Waals surface area contributed by atoms with Gasteiger partial charge in [0.2, 0.25) is 5.91 Å². The zero-order chi connectivity index (χ0) is 19.4. The average molecular weight is 388 g/mol. The Hall–Kier alpha value is -2.34. The molecule has 144 valence electrons. The maximum absolute atomic E-state index is 12.2. The van der Waals surface area contributed by atoms with Crippen LogP contribution in [0.2, 0.25) is 0 Å². The summed E-state index contributed by atoms with van der Waals surface area (Å²) in [6.07, 6.45) is 3.87. The van der Waals surface area contributed by atoms with Crippen LogP contribution in [0.25, 0.3) is 0 Å². The third kappa shape index (κ3) is 5.32. The molecule has 27 heavy (non-hydrogen) atoms. The second-order valence-electron chi connectivity index (χ2n) is 7.13. The third-order valence-corrected chi connectivity index (χ3v) is 5.82. The molecule has 0 aliphatic carbocycles. The molecule has 0 bridgehead atoms.